The number of aryl methyl sites for hydroxylation is 1. The summed E-state index contributed by atoms with van der Waals surface area (Å²) < 4.78 is 43.6. The Balaban J connectivity index is 1.53. The summed E-state index contributed by atoms with van der Waals surface area (Å²) in [6, 6.07) is 4.90. The average Bonchev–Trinajstić information content (AvgIpc) is 3.38. The molecular weight excluding hydrogens is 631 g/mol. The van der Waals surface area contributed by atoms with Crippen LogP contribution in [0.1, 0.15) is 64.3 Å². The molecule has 0 fully saturated rings. The van der Waals surface area contributed by atoms with Gasteiger partial charge in [-0.05, 0) is 63.3 Å². The molecule has 238 valence electrons. The number of rotatable bonds is 12. The first-order valence-corrected chi connectivity index (χ1v) is 17.7. The Labute approximate surface area is 263 Å². The zero-order chi connectivity index (χ0) is 31.9. The number of thiazole rings is 1. The molecule has 0 bridgehead atoms. The van der Waals surface area contributed by atoms with Crippen LogP contribution in [0, 0.1) is 0 Å². The highest BCUT2D eigenvalue weighted by atomic mass is 32.2. The number of benzene rings is 1. The number of methoxy groups -OCH3 is 1. The molecule has 1 aliphatic carbocycles. The third-order valence-electron chi connectivity index (χ3n) is 6.84. The Hall–Kier alpha value is -3.40. The van der Waals surface area contributed by atoms with Gasteiger partial charge in [-0.1, -0.05) is 17.8 Å². The fraction of sp³-hybridized carbons (Fsp3) is 0.483. The van der Waals surface area contributed by atoms with Gasteiger partial charge in [0.15, 0.2) is 14.6 Å². The molecule has 12 nitrogen and oxygen atoms in total. The van der Waals surface area contributed by atoms with Gasteiger partial charge < -0.3 is 24.1 Å². The number of esters is 2. The molecule has 0 unspecified atom stereocenters. The van der Waals surface area contributed by atoms with Crippen molar-refractivity contribution in [1.29, 1.82) is 0 Å². The van der Waals surface area contributed by atoms with E-state index in [1.54, 1.807) is 29.7 Å². The summed E-state index contributed by atoms with van der Waals surface area (Å²) in [7, 11) is -2.94. The number of anilines is 1. The topological polar surface area (TPSA) is 159 Å². The van der Waals surface area contributed by atoms with Crippen LogP contribution in [0.2, 0.25) is 0 Å². The van der Waals surface area contributed by atoms with Crippen molar-refractivity contribution in [3.8, 4) is 0 Å². The zero-order valence-electron chi connectivity index (χ0n) is 24.8. The molecule has 0 saturated heterocycles. The van der Waals surface area contributed by atoms with Crippen molar-refractivity contribution < 1.29 is 41.8 Å². The standard InChI is InChI=1S/C29H35N3O9S3/c1-4-40-14-13-32-20-12-11-18(27(35)39-3)15-22(20)43-29(32)31-24(34)17-44(37,38)16-23(33)30-26-25(28(36)41-5-2)19-9-7-6-8-10-21(19)42-26/h11-12,15H,4-10,13-14,16-17H2,1-3H3,(H,30,33). The fourth-order valence-electron chi connectivity index (χ4n) is 4.91. The highest BCUT2D eigenvalue weighted by molar-refractivity contribution is 7.92. The number of carbonyl (C=O) groups excluding carboxylic acids is 4. The minimum Gasteiger partial charge on any atom is -0.465 e. The summed E-state index contributed by atoms with van der Waals surface area (Å²) in [5.74, 6) is -4.83. The number of fused-ring (bicyclic) bond motifs is 2. The van der Waals surface area contributed by atoms with Gasteiger partial charge in [-0.15, -0.1) is 11.3 Å². The van der Waals surface area contributed by atoms with E-state index < -0.39 is 45.1 Å². The lowest BCUT2D eigenvalue weighted by Crippen LogP contribution is -2.28. The SMILES string of the molecule is CCOCCn1c(=NC(=O)CS(=O)(=O)CC(=O)Nc2sc3c(c2C(=O)OCC)CCCCC3)sc2cc(C(=O)OC)ccc21. The minimum absolute atomic E-state index is 0.161. The van der Waals surface area contributed by atoms with Crippen LogP contribution in [0.3, 0.4) is 0 Å². The molecule has 2 aromatic heterocycles. The van der Waals surface area contributed by atoms with Crippen LogP contribution in [0.15, 0.2) is 23.2 Å². The van der Waals surface area contributed by atoms with E-state index in [1.807, 2.05) is 6.92 Å². The maximum atomic E-state index is 12.9. The average molecular weight is 666 g/mol. The Bertz CT molecular complexity index is 1740. The first-order valence-electron chi connectivity index (χ1n) is 14.3. The molecule has 0 radical (unpaired) electrons. The molecule has 2 amide bonds. The first kappa shape index (κ1) is 33.5. The Morgan fingerprint density at radius 2 is 1.77 bits per heavy atom. The molecule has 4 rings (SSSR count). The zero-order valence-corrected chi connectivity index (χ0v) is 27.3. The molecule has 15 heteroatoms. The van der Waals surface area contributed by atoms with Crippen molar-refractivity contribution >= 4 is 71.5 Å². The number of aromatic nitrogens is 1. The van der Waals surface area contributed by atoms with Gasteiger partial charge in [-0.25, -0.2) is 18.0 Å². The molecule has 2 heterocycles. The van der Waals surface area contributed by atoms with Crippen LogP contribution in [-0.2, 0) is 53.0 Å². The molecule has 0 spiro atoms. The molecule has 1 aromatic carbocycles. The molecule has 1 N–H and O–H groups in total. The molecule has 0 saturated carbocycles. The lowest BCUT2D eigenvalue weighted by Gasteiger charge is -2.08. The Morgan fingerprint density at radius 3 is 2.50 bits per heavy atom. The third kappa shape index (κ3) is 8.20. The number of carbonyl (C=O) groups is 4. The number of sulfone groups is 1. The van der Waals surface area contributed by atoms with Gasteiger partial charge in [-0.2, -0.15) is 4.99 Å². The van der Waals surface area contributed by atoms with Gasteiger partial charge in [0.05, 0.1) is 41.7 Å². The summed E-state index contributed by atoms with van der Waals surface area (Å²) in [6.45, 7) is 4.83. The second-order valence-electron chi connectivity index (χ2n) is 9.98. The van der Waals surface area contributed by atoms with Crippen molar-refractivity contribution in [2.24, 2.45) is 4.99 Å². The van der Waals surface area contributed by atoms with Crippen molar-refractivity contribution in [1.82, 2.24) is 4.57 Å². The van der Waals surface area contributed by atoms with Gasteiger partial charge >= 0.3 is 11.9 Å². The largest absolute Gasteiger partial charge is 0.465 e. The van der Waals surface area contributed by atoms with Crippen LogP contribution in [0.5, 0.6) is 0 Å². The summed E-state index contributed by atoms with van der Waals surface area (Å²) in [4.78, 5) is 55.8. The second kappa shape index (κ2) is 15.1. The lowest BCUT2D eigenvalue weighted by molar-refractivity contribution is -0.115. The van der Waals surface area contributed by atoms with E-state index in [0.717, 1.165) is 47.5 Å². The molecule has 0 aliphatic heterocycles. The summed E-state index contributed by atoms with van der Waals surface area (Å²) >= 11 is 2.37. The quantitative estimate of drug-likeness (QED) is 0.174. The van der Waals surface area contributed by atoms with Crippen LogP contribution < -0.4 is 10.1 Å². The highest BCUT2D eigenvalue weighted by Crippen LogP contribution is 2.38. The minimum atomic E-state index is -4.21. The van der Waals surface area contributed by atoms with Gasteiger partial charge in [0.25, 0.3) is 5.91 Å². The van der Waals surface area contributed by atoms with E-state index in [2.05, 4.69) is 10.3 Å². The van der Waals surface area contributed by atoms with E-state index in [9.17, 15) is 27.6 Å². The third-order valence-corrected chi connectivity index (χ3v) is 10.5. The van der Waals surface area contributed by atoms with Crippen LogP contribution in [-0.4, -0.2) is 75.2 Å². The van der Waals surface area contributed by atoms with Crippen molar-refractivity contribution in [2.45, 2.75) is 52.5 Å². The highest BCUT2D eigenvalue weighted by Gasteiger charge is 2.28. The number of amides is 2. The molecule has 44 heavy (non-hydrogen) atoms. The molecule has 0 atom stereocenters. The summed E-state index contributed by atoms with van der Waals surface area (Å²) in [5, 5.41) is 2.85. The smallest absolute Gasteiger partial charge is 0.341 e. The Morgan fingerprint density at radius 1 is 1.00 bits per heavy atom. The normalized spacial score (nSPS) is 13.8. The number of thiophene rings is 1. The van der Waals surface area contributed by atoms with E-state index in [1.165, 1.54) is 18.4 Å². The predicted octanol–water partition coefficient (Wildman–Crippen LogP) is 3.51. The van der Waals surface area contributed by atoms with Crippen LogP contribution in [0.25, 0.3) is 10.2 Å². The predicted molar refractivity (Wildman–Crippen MR) is 167 cm³/mol. The lowest BCUT2D eigenvalue weighted by atomic mass is 10.1. The number of nitrogens with one attached hydrogen (secondary N) is 1. The van der Waals surface area contributed by atoms with Gasteiger partial charge in [0.2, 0.25) is 5.91 Å². The molecular formula is C29H35N3O9S3. The van der Waals surface area contributed by atoms with E-state index in [0.29, 0.717) is 42.0 Å². The van der Waals surface area contributed by atoms with Gasteiger partial charge in [0.1, 0.15) is 16.5 Å². The number of ether oxygens (including phenoxy) is 3. The van der Waals surface area contributed by atoms with E-state index >= 15 is 0 Å². The van der Waals surface area contributed by atoms with Crippen LogP contribution >= 0.6 is 22.7 Å². The Kier molecular flexibility index (Phi) is 11.5. The van der Waals surface area contributed by atoms with Crippen molar-refractivity contribution in [3.63, 3.8) is 0 Å². The summed E-state index contributed by atoms with van der Waals surface area (Å²) in [6.07, 6.45) is 4.34. The monoisotopic (exact) mass is 665 g/mol. The molecule has 3 aromatic rings. The fourth-order valence-corrected chi connectivity index (χ4v) is 8.33. The van der Waals surface area contributed by atoms with Gasteiger partial charge in [0, 0.05) is 18.0 Å². The number of hydrogen-bond donors (Lipinski definition) is 1. The second-order valence-corrected chi connectivity index (χ2v) is 14.2. The van der Waals surface area contributed by atoms with Crippen molar-refractivity contribution in [3.05, 3.63) is 44.6 Å². The van der Waals surface area contributed by atoms with Crippen molar-refractivity contribution in [2.75, 3.05) is 43.8 Å². The van der Waals surface area contributed by atoms with E-state index in [-0.39, 0.29) is 22.0 Å². The van der Waals surface area contributed by atoms with E-state index in [4.69, 9.17) is 14.2 Å². The maximum absolute atomic E-state index is 12.9. The number of nitrogens with zero attached hydrogens (tertiary/aromatic N) is 2. The maximum Gasteiger partial charge on any atom is 0.341 e. The van der Waals surface area contributed by atoms with Gasteiger partial charge in [-0.3, -0.25) is 9.59 Å². The summed E-state index contributed by atoms with van der Waals surface area (Å²) in [5.41, 5.74) is 2.13. The number of hydrogen-bond acceptors (Lipinski definition) is 11. The first-order chi connectivity index (χ1) is 21.1. The van der Waals surface area contributed by atoms with Crippen LogP contribution in [0.4, 0.5) is 5.00 Å². The molecule has 1 aliphatic rings.